The Labute approximate surface area is 135 Å². The molecular weight excluding hydrogens is 330 g/mol. The van der Waals surface area contributed by atoms with Gasteiger partial charge < -0.3 is 0 Å². The minimum absolute atomic E-state index is 0.366. The normalized spacial score (nSPS) is 17.9. The standard InChI is InChI=1S/C15H24BrN5/c1-5-12-14(16)13(19(4)18-12)10-20-6-8-21(9-7-20)15(2,3)11-17/h5-10H2,1-4H3. The first-order valence-corrected chi connectivity index (χ1v) is 8.27. The molecule has 2 heterocycles. The molecule has 0 saturated carbocycles. The largest absolute Gasteiger partial charge is 0.295 e. The lowest BCUT2D eigenvalue weighted by Crippen LogP contribution is -2.53. The van der Waals surface area contributed by atoms with Crippen molar-refractivity contribution in [2.24, 2.45) is 7.05 Å². The zero-order valence-corrected chi connectivity index (χ0v) is 14.9. The minimum atomic E-state index is -0.366. The van der Waals surface area contributed by atoms with Crippen molar-refractivity contribution in [1.82, 2.24) is 19.6 Å². The van der Waals surface area contributed by atoms with E-state index in [2.05, 4.69) is 43.8 Å². The number of nitrogens with zero attached hydrogens (tertiary/aromatic N) is 5. The molecule has 0 spiro atoms. The molecule has 1 fully saturated rings. The van der Waals surface area contributed by atoms with E-state index in [1.54, 1.807) is 0 Å². The van der Waals surface area contributed by atoms with Crippen molar-refractivity contribution in [1.29, 1.82) is 5.26 Å². The van der Waals surface area contributed by atoms with Crippen LogP contribution in [-0.2, 0) is 20.0 Å². The van der Waals surface area contributed by atoms with Crippen molar-refractivity contribution in [3.05, 3.63) is 15.9 Å². The van der Waals surface area contributed by atoms with Gasteiger partial charge in [-0.2, -0.15) is 10.4 Å². The number of nitriles is 1. The number of halogens is 1. The molecule has 0 bridgehead atoms. The predicted molar refractivity (Wildman–Crippen MR) is 86.8 cm³/mol. The summed E-state index contributed by atoms with van der Waals surface area (Å²) in [6, 6.07) is 2.39. The highest BCUT2D eigenvalue weighted by Crippen LogP contribution is 2.24. The van der Waals surface area contributed by atoms with E-state index < -0.39 is 0 Å². The number of hydrogen-bond acceptors (Lipinski definition) is 4. The first-order valence-electron chi connectivity index (χ1n) is 7.48. The van der Waals surface area contributed by atoms with E-state index in [-0.39, 0.29) is 5.54 Å². The average molecular weight is 354 g/mol. The Morgan fingerprint density at radius 1 is 1.29 bits per heavy atom. The highest BCUT2D eigenvalue weighted by Gasteiger charge is 2.30. The summed E-state index contributed by atoms with van der Waals surface area (Å²) in [7, 11) is 2.01. The van der Waals surface area contributed by atoms with Gasteiger partial charge in [-0.1, -0.05) is 6.92 Å². The van der Waals surface area contributed by atoms with Crippen LogP contribution in [0.2, 0.25) is 0 Å². The van der Waals surface area contributed by atoms with E-state index in [4.69, 9.17) is 0 Å². The molecule has 21 heavy (non-hydrogen) atoms. The number of hydrogen-bond donors (Lipinski definition) is 0. The lowest BCUT2D eigenvalue weighted by Gasteiger charge is -2.40. The maximum Gasteiger partial charge on any atom is 0.103 e. The van der Waals surface area contributed by atoms with Gasteiger partial charge in [0.15, 0.2) is 0 Å². The minimum Gasteiger partial charge on any atom is -0.295 e. The summed E-state index contributed by atoms with van der Waals surface area (Å²) >= 11 is 3.68. The van der Waals surface area contributed by atoms with Gasteiger partial charge in [0.25, 0.3) is 0 Å². The third kappa shape index (κ3) is 3.47. The topological polar surface area (TPSA) is 48.1 Å². The highest BCUT2D eigenvalue weighted by molar-refractivity contribution is 9.10. The van der Waals surface area contributed by atoms with E-state index in [0.717, 1.165) is 49.3 Å². The summed E-state index contributed by atoms with van der Waals surface area (Å²) in [6.07, 6.45) is 0.943. The summed E-state index contributed by atoms with van der Waals surface area (Å²) in [6.45, 7) is 10.9. The van der Waals surface area contributed by atoms with Gasteiger partial charge in [-0.05, 0) is 36.2 Å². The first-order chi connectivity index (χ1) is 9.89. The van der Waals surface area contributed by atoms with Crippen LogP contribution in [0.4, 0.5) is 0 Å². The molecule has 2 rings (SSSR count). The molecule has 0 unspecified atom stereocenters. The van der Waals surface area contributed by atoms with Gasteiger partial charge in [-0.25, -0.2) is 0 Å². The Kier molecular flexibility index (Phi) is 5.07. The zero-order chi connectivity index (χ0) is 15.6. The molecule has 0 amide bonds. The molecule has 1 aromatic rings. The predicted octanol–water partition coefficient (Wildman–Crippen LogP) is 2.16. The molecule has 1 aliphatic heterocycles. The number of aromatic nitrogens is 2. The summed E-state index contributed by atoms with van der Waals surface area (Å²) in [4.78, 5) is 4.70. The van der Waals surface area contributed by atoms with E-state index in [1.807, 2.05) is 25.6 Å². The van der Waals surface area contributed by atoms with Gasteiger partial charge in [0, 0.05) is 39.8 Å². The van der Waals surface area contributed by atoms with Gasteiger partial charge in [-0.15, -0.1) is 0 Å². The molecular formula is C15H24BrN5. The molecule has 1 saturated heterocycles. The number of aryl methyl sites for hydroxylation is 2. The lowest BCUT2D eigenvalue weighted by molar-refractivity contribution is 0.0750. The van der Waals surface area contributed by atoms with Crippen LogP contribution < -0.4 is 0 Å². The average Bonchev–Trinajstić information content (AvgIpc) is 2.75. The molecule has 0 N–H and O–H groups in total. The fourth-order valence-electron chi connectivity index (χ4n) is 2.74. The van der Waals surface area contributed by atoms with E-state index in [9.17, 15) is 5.26 Å². The monoisotopic (exact) mass is 353 g/mol. The van der Waals surface area contributed by atoms with Crippen LogP contribution in [-0.4, -0.2) is 51.3 Å². The lowest BCUT2D eigenvalue weighted by atomic mass is 10.0. The van der Waals surface area contributed by atoms with Gasteiger partial charge in [0.2, 0.25) is 0 Å². The molecule has 0 aliphatic carbocycles. The summed E-state index contributed by atoms with van der Waals surface area (Å²) in [5, 5.41) is 13.8. The Balaban J connectivity index is 1.99. The van der Waals surface area contributed by atoms with Crippen molar-refractivity contribution >= 4 is 15.9 Å². The molecule has 1 aromatic heterocycles. The summed E-state index contributed by atoms with van der Waals surface area (Å²) < 4.78 is 3.13. The van der Waals surface area contributed by atoms with Crippen molar-refractivity contribution in [2.45, 2.75) is 39.3 Å². The Hall–Kier alpha value is -0.900. The van der Waals surface area contributed by atoms with Crippen LogP contribution in [0.5, 0.6) is 0 Å². The fraction of sp³-hybridized carbons (Fsp3) is 0.733. The molecule has 116 valence electrons. The van der Waals surface area contributed by atoms with Gasteiger partial charge in [0.05, 0.1) is 21.9 Å². The molecule has 0 atom stereocenters. The van der Waals surface area contributed by atoms with E-state index >= 15 is 0 Å². The summed E-state index contributed by atoms with van der Waals surface area (Å²) in [5.41, 5.74) is 1.99. The number of rotatable bonds is 4. The molecule has 0 aromatic carbocycles. The molecule has 1 aliphatic rings. The summed E-state index contributed by atoms with van der Waals surface area (Å²) in [5.74, 6) is 0. The van der Waals surface area contributed by atoms with Crippen LogP contribution in [0.15, 0.2) is 4.47 Å². The van der Waals surface area contributed by atoms with Gasteiger partial charge >= 0.3 is 0 Å². The fourth-order valence-corrected chi connectivity index (χ4v) is 3.48. The van der Waals surface area contributed by atoms with Gasteiger partial charge in [0.1, 0.15) is 5.54 Å². The Morgan fingerprint density at radius 3 is 2.38 bits per heavy atom. The molecule has 5 nitrogen and oxygen atoms in total. The van der Waals surface area contributed by atoms with E-state index in [1.165, 1.54) is 5.69 Å². The quantitative estimate of drug-likeness (QED) is 0.832. The maximum atomic E-state index is 9.23. The van der Waals surface area contributed by atoms with E-state index in [0.29, 0.717) is 0 Å². The Bertz CT molecular complexity index is 535. The van der Waals surface area contributed by atoms with Crippen LogP contribution in [0, 0.1) is 11.3 Å². The van der Waals surface area contributed by atoms with Crippen molar-refractivity contribution in [3.8, 4) is 6.07 Å². The second-order valence-electron chi connectivity index (χ2n) is 6.12. The van der Waals surface area contributed by atoms with Crippen molar-refractivity contribution in [3.63, 3.8) is 0 Å². The molecule has 6 heteroatoms. The Morgan fingerprint density at radius 2 is 1.90 bits per heavy atom. The van der Waals surface area contributed by atoms with Crippen LogP contribution in [0.3, 0.4) is 0 Å². The van der Waals surface area contributed by atoms with Crippen LogP contribution in [0.1, 0.15) is 32.2 Å². The second kappa shape index (κ2) is 6.47. The second-order valence-corrected chi connectivity index (χ2v) is 6.91. The van der Waals surface area contributed by atoms with Crippen molar-refractivity contribution in [2.75, 3.05) is 26.2 Å². The van der Waals surface area contributed by atoms with Crippen molar-refractivity contribution < 1.29 is 0 Å². The smallest absolute Gasteiger partial charge is 0.103 e. The van der Waals surface area contributed by atoms with Crippen LogP contribution >= 0.6 is 15.9 Å². The highest BCUT2D eigenvalue weighted by atomic mass is 79.9. The number of piperazine rings is 1. The third-order valence-electron chi connectivity index (χ3n) is 4.31. The zero-order valence-electron chi connectivity index (χ0n) is 13.4. The molecule has 0 radical (unpaired) electrons. The first kappa shape index (κ1) is 16.5. The third-order valence-corrected chi connectivity index (χ3v) is 5.23. The SMILES string of the molecule is CCc1nn(C)c(CN2CCN(C(C)(C)C#N)CC2)c1Br. The van der Waals surface area contributed by atoms with Crippen LogP contribution in [0.25, 0.3) is 0 Å². The van der Waals surface area contributed by atoms with Gasteiger partial charge in [-0.3, -0.25) is 14.5 Å². The maximum absolute atomic E-state index is 9.23.